The number of rotatable bonds is 6. The Morgan fingerprint density at radius 2 is 1.64 bits per heavy atom. The highest BCUT2D eigenvalue weighted by Crippen LogP contribution is 2.20. The highest BCUT2D eigenvalue weighted by Gasteiger charge is 2.20. The van der Waals surface area contributed by atoms with Gasteiger partial charge in [-0.2, -0.15) is 0 Å². The summed E-state index contributed by atoms with van der Waals surface area (Å²) >= 11 is 1.32. The lowest BCUT2D eigenvalue weighted by atomic mass is 10.1. The predicted octanol–water partition coefficient (Wildman–Crippen LogP) is 3.27. The summed E-state index contributed by atoms with van der Waals surface area (Å²) in [4.78, 5) is 39.6. The van der Waals surface area contributed by atoms with E-state index in [0.717, 1.165) is 15.8 Å². The summed E-state index contributed by atoms with van der Waals surface area (Å²) < 4.78 is 0.992. The van der Waals surface area contributed by atoms with E-state index >= 15 is 0 Å². The molecule has 0 radical (unpaired) electrons. The van der Waals surface area contributed by atoms with E-state index in [1.165, 1.54) is 16.2 Å². The van der Waals surface area contributed by atoms with Gasteiger partial charge in [0, 0.05) is 17.8 Å². The molecule has 0 unspecified atom stereocenters. The van der Waals surface area contributed by atoms with E-state index in [-0.39, 0.29) is 5.91 Å². The standard InChI is InChI=1S/C16H16N2O3.C8H6N2OS/c17-10-12-5-4-6-13(9-12)16(21)18(11-15(19)20)14-7-2-1-3-8-14;9-7(11)8-10-5-3-1-2-4-6(5)12-8/h1-9H,10-11,17H2,(H,19,20);1-4H,(H2,9,11). The van der Waals surface area contributed by atoms with Crippen LogP contribution in [0.15, 0.2) is 78.9 Å². The molecule has 3 aromatic carbocycles. The molecule has 168 valence electrons. The Kier molecular flexibility index (Phi) is 7.85. The molecule has 9 heteroatoms. The Bertz CT molecular complexity index is 1240. The lowest BCUT2D eigenvalue weighted by Gasteiger charge is -2.21. The van der Waals surface area contributed by atoms with Crippen molar-refractivity contribution in [3.8, 4) is 0 Å². The molecule has 1 heterocycles. The number of nitrogens with two attached hydrogens (primary N) is 2. The van der Waals surface area contributed by atoms with Crippen molar-refractivity contribution in [2.75, 3.05) is 11.4 Å². The third-order valence-corrected chi connectivity index (χ3v) is 5.57. The number of carboxylic acid groups (broad SMARTS) is 1. The van der Waals surface area contributed by atoms with E-state index in [0.29, 0.717) is 22.8 Å². The fourth-order valence-electron chi connectivity index (χ4n) is 2.99. The van der Waals surface area contributed by atoms with E-state index in [1.54, 1.807) is 42.5 Å². The van der Waals surface area contributed by atoms with Crippen molar-refractivity contribution in [1.29, 1.82) is 0 Å². The van der Waals surface area contributed by atoms with Gasteiger partial charge in [0.2, 0.25) is 0 Å². The molecule has 0 spiro atoms. The van der Waals surface area contributed by atoms with Crippen LogP contribution in [0.4, 0.5) is 5.69 Å². The second-order valence-corrected chi connectivity index (χ2v) is 7.91. The lowest BCUT2D eigenvalue weighted by molar-refractivity contribution is -0.135. The number of fused-ring (bicyclic) bond motifs is 1. The Morgan fingerprint density at radius 1 is 0.939 bits per heavy atom. The maximum atomic E-state index is 12.6. The maximum Gasteiger partial charge on any atom is 0.323 e. The first-order valence-electron chi connectivity index (χ1n) is 9.92. The average molecular weight is 463 g/mol. The van der Waals surface area contributed by atoms with Gasteiger partial charge in [0.1, 0.15) is 6.54 Å². The lowest BCUT2D eigenvalue weighted by Crippen LogP contribution is -2.35. The molecule has 0 atom stereocenters. The van der Waals surface area contributed by atoms with Gasteiger partial charge >= 0.3 is 5.97 Å². The number of nitrogens with zero attached hydrogens (tertiary/aromatic N) is 2. The van der Waals surface area contributed by atoms with Crippen LogP contribution in [0.25, 0.3) is 10.2 Å². The second kappa shape index (κ2) is 11.0. The molecule has 0 aliphatic carbocycles. The van der Waals surface area contributed by atoms with Crippen LogP contribution < -0.4 is 16.4 Å². The van der Waals surface area contributed by atoms with Crippen LogP contribution in [-0.2, 0) is 11.3 Å². The molecule has 0 aliphatic rings. The topological polar surface area (TPSA) is 140 Å². The van der Waals surface area contributed by atoms with Crippen molar-refractivity contribution in [1.82, 2.24) is 4.98 Å². The largest absolute Gasteiger partial charge is 0.480 e. The number of amides is 2. The van der Waals surface area contributed by atoms with Gasteiger partial charge in [-0.05, 0) is 42.0 Å². The summed E-state index contributed by atoms with van der Waals surface area (Å²) in [5, 5.41) is 9.40. The van der Waals surface area contributed by atoms with Crippen LogP contribution >= 0.6 is 11.3 Å². The molecule has 33 heavy (non-hydrogen) atoms. The van der Waals surface area contributed by atoms with E-state index in [2.05, 4.69) is 4.98 Å². The summed E-state index contributed by atoms with van der Waals surface area (Å²) in [7, 11) is 0. The zero-order valence-electron chi connectivity index (χ0n) is 17.5. The summed E-state index contributed by atoms with van der Waals surface area (Å²) in [6.07, 6.45) is 0. The summed E-state index contributed by atoms with van der Waals surface area (Å²) in [5.41, 5.74) is 13.3. The predicted molar refractivity (Wildman–Crippen MR) is 128 cm³/mol. The third-order valence-electron chi connectivity index (χ3n) is 4.52. The zero-order valence-corrected chi connectivity index (χ0v) is 18.4. The highest BCUT2D eigenvalue weighted by molar-refractivity contribution is 7.20. The molecule has 2 amide bonds. The number of para-hydroxylation sites is 2. The Balaban J connectivity index is 0.000000215. The molecule has 8 nitrogen and oxygen atoms in total. The number of hydrogen-bond donors (Lipinski definition) is 3. The van der Waals surface area contributed by atoms with Crippen LogP contribution in [0.2, 0.25) is 0 Å². The van der Waals surface area contributed by atoms with Crippen LogP contribution in [0.3, 0.4) is 0 Å². The van der Waals surface area contributed by atoms with Gasteiger partial charge in [-0.25, -0.2) is 4.98 Å². The number of benzene rings is 3. The van der Waals surface area contributed by atoms with Crippen LogP contribution in [-0.4, -0.2) is 34.4 Å². The molecule has 4 rings (SSSR count). The summed E-state index contributed by atoms with van der Waals surface area (Å²) in [6, 6.07) is 23.2. The van der Waals surface area contributed by atoms with Gasteiger partial charge in [0.25, 0.3) is 11.8 Å². The van der Waals surface area contributed by atoms with Crippen molar-refractivity contribution in [3.05, 3.63) is 95.0 Å². The minimum absolute atomic E-state index is 0.325. The first kappa shape index (κ1) is 23.6. The SMILES string of the molecule is NC(=O)c1nc2ccccc2s1.NCc1cccc(C(=O)N(CC(=O)O)c2ccccc2)c1. The quantitative estimate of drug-likeness (QED) is 0.402. The minimum atomic E-state index is -1.07. The number of aliphatic carboxylic acids is 1. The fourth-order valence-corrected chi connectivity index (χ4v) is 3.81. The summed E-state index contributed by atoms with van der Waals surface area (Å²) in [6.45, 7) is -0.0684. The van der Waals surface area contributed by atoms with E-state index in [9.17, 15) is 14.4 Å². The zero-order chi connectivity index (χ0) is 23.8. The number of hydrogen-bond acceptors (Lipinski definition) is 6. The number of aromatic nitrogens is 1. The normalized spacial score (nSPS) is 10.2. The fraction of sp³-hybridized carbons (Fsp3) is 0.0833. The first-order chi connectivity index (χ1) is 15.9. The number of carbonyl (C=O) groups is 3. The molecule has 0 fully saturated rings. The number of anilines is 1. The van der Waals surface area contributed by atoms with Crippen LogP contribution in [0.1, 0.15) is 25.7 Å². The molecule has 4 aromatic rings. The first-order valence-corrected chi connectivity index (χ1v) is 10.7. The molecule has 0 saturated heterocycles. The second-order valence-electron chi connectivity index (χ2n) is 6.88. The summed E-state index contributed by atoms with van der Waals surface area (Å²) in [5.74, 6) is -1.89. The molecule has 0 aliphatic heterocycles. The highest BCUT2D eigenvalue weighted by atomic mass is 32.1. The number of carboxylic acids is 1. The molecular formula is C24H22N4O4S. The Hall–Kier alpha value is -4.08. The minimum Gasteiger partial charge on any atom is -0.480 e. The molecular weight excluding hydrogens is 440 g/mol. The monoisotopic (exact) mass is 462 g/mol. The molecule has 5 N–H and O–H groups in total. The molecule has 0 saturated carbocycles. The van der Waals surface area contributed by atoms with Gasteiger partial charge < -0.3 is 16.6 Å². The Labute approximate surface area is 194 Å². The Morgan fingerprint density at radius 3 is 2.27 bits per heavy atom. The number of carbonyl (C=O) groups excluding carboxylic acids is 2. The van der Waals surface area contributed by atoms with E-state index < -0.39 is 18.4 Å². The van der Waals surface area contributed by atoms with Crippen LogP contribution in [0, 0.1) is 0 Å². The molecule has 0 bridgehead atoms. The van der Waals surface area contributed by atoms with Crippen molar-refractivity contribution >= 4 is 45.0 Å². The van der Waals surface area contributed by atoms with E-state index in [4.69, 9.17) is 16.6 Å². The van der Waals surface area contributed by atoms with Gasteiger partial charge in [-0.1, -0.05) is 42.5 Å². The van der Waals surface area contributed by atoms with Gasteiger partial charge in [0.15, 0.2) is 5.01 Å². The van der Waals surface area contributed by atoms with Crippen molar-refractivity contribution < 1.29 is 19.5 Å². The van der Waals surface area contributed by atoms with Crippen molar-refractivity contribution in [2.24, 2.45) is 11.5 Å². The van der Waals surface area contributed by atoms with Gasteiger partial charge in [0.05, 0.1) is 10.2 Å². The van der Waals surface area contributed by atoms with Gasteiger partial charge in [-0.3, -0.25) is 19.3 Å². The van der Waals surface area contributed by atoms with E-state index in [1.807, 2.05) is 36.4 Å². The van der Waals surface area contributed by atoms with Crippen molar-refractivity contribution in [2.45, 2.75) is 6.54 Å². The number of primary amides is 1. The van der Waals surface area contributed by atoms with Crippen LogP contribution in [0.5, 0.6) is 0 Å². The average Bonchev–Trinajstić information content (AvgIpc) is 3.28. The van der Waals surface area contributed by atoms with Crippen molar-refractivity contribution in [3.63, 3.8) is 0 Å². The molecule has 1 aromatic heterocycles. The third kappa shape index (κ3) is 6.22. The smallest absolute Gasteiger partial charge is 0.323 e. The maximum absolute atomic E-state index is 12.6. The number of thiazole rings is 1. The van der Waals surface area contributed by atoms with Gasteiger partial charge in [-0.15, -0.1) is 11.3 Å².